The lowest BCUT2D eigenvalue weighted by molar-refractivity contribution is 0.0283. The van der Waals surface area contributed by atoms with Gasteiger partial charge in [-0.25, -0.2) is 4.79 Å². The number of carbonyl (C=O) groups is 1. The fourth-order valence-corrected chi connectivity index (χ4v) is 1.75. The SMILES string of the molecule is CN(Cc1nn(C)c(C#N)c1B(O)O)C(=O)OC(C)(C)C. The van der Waals surface area contributed by atoms with Gasteiger partial charge in [-0.1, -0.05) is 0 Å². The first-order valence-corrected chi connectivity index (χ1v) is 6.33. The summed E-state index contributed by atoms with van der Waals surface area (Å²) in [4.78, 5) is 13.1. The van der Waals surface area contributed by atoms with Crippen molar-refractivity contribution >= 4 is 18.7 Å². The molecule has 1 aromatic rings. The molecule has 21 heavy (non-hydrogen) atoms. The van der Waals surface area contributed by atoms with Gasteiger partial charge in [-0.3, -0.25) is 4.68 Å². The number of ether oxygens (including phenoxy) is 1. The van der Waals surface area contributed by atoms with Crippen LogP contribution in [0.5, 0.6) is 0 Å². The molecule has 0 atom stereocenters. The molecule has 0 aliphatic carbocycles. The van der Waals surface area contributed by atoms with Gasteiger partial charge in [-0.05, 0) is 20.8 Å². The molecule has 114 valence electrons. The largest absolute Gasteiger partial charge is 0.493 e. The van der Waals surface area contributed by atoms with Crippen molar-refractivity contribution in [3.05, 3.63) is 11.4 Å². The smallest absolute Gasteiger partial charge is 0.444 e. The van der Waals surface area contributed by atoms with Gasteiger partial charge < -0.3 is 19.7 Å². The van der Waals surface area contributed by atoms with E-state index in [-0.39, 0.29) is 23.4 Å². The molecule has 1 rings (SSSR count). The van der Waals surface area contributed by atoms with E-state index in [9.17, 15) is 14.8 Å². The Kier molecular flexibility index (Phi) is 4.99. The fraction of sp³-hybridized carbons (Fsp3) is 0.583. The molecule has 1 heterocycles. The minimum atomic E-state index is -1.84. The molecule has 0 saturated carbocycles. The maximum atomic E-state index is 11.9. The van der Waals surface area contributed by atoms with Crippen molar-refractivity contribution in [3.63, 3.8) is 0 Å². The molecular formula is C12H19BN4O4. The van der Waals surface area contributed by atoms with Crippen LogP contribution in [0.1, 0.15) is 32.2 Å². The van der Waals surface area contributed by atoms with Crippen molar-refractivity contribution in [1.82, 2.24) is 14.7 Å². The van der Waals surface area contributed by atoms with Gasteiger partial charge in [0.1, 0.15) is 17.4 Å². The molecule has 0 spiro atoms. The molecule has 9 heteroatoms. The van der Waals surface area contributed by atoms with E-state index in [1.165, 1.54) is 23.7 Å². The number of aryl methyl sites for hydroxylation is 1. The molecular weight excluding hydrogens is 275 g/mol. The number of nitriles is 1. The van der Waals surface area contributed by atoms with Crippen LogP contribution in [0.2, 0.25) is 0 Å². The Balaban J connectivity index is 2.99. The Labute approximate surface area is 123 Å². The summed E-state index contributed by atoms with van der Waals surface area (Å²) in [6.07, 6.45) is -0.565. The van der Waals surface area contributed by atoms with Crippen LogP contribution in [-0.4, -0.2) is 50.6 Å². The quantitative estimate of drug-likeness (QED) is 0.716. The van der Waals surface area contributed by atoms with E-state index in [1.54, 1.807) is 20.8 Å². The number of hydrogen-bond donors (Lipinski definition) is 2. The first-order chi connectivity index (χ1) is 9.56. The predicted molar refractivity (Wildman–Crippen MR) is 75.4 cm³/mol. The second-order valence-corrected chi connectivity index (χ2v) is 5.65. The third-order valence-electron chi connectivity index (χ3n) is 2.62. The maximum absolute atomic E-state index is 11.9. The zero-order valence-corrected chi connectivity index (χ0v) is 12.8. The number of aromatic nitrogens is 2. The summed E-state index contributed by atoms with van der Waals surface area (Å²) in [5.74, 6) is 0. The van der Waals surface area contributed by atoms with E-state index in [2.05, 4.69) is 5.10 Å². The van der Waals surface area contributed by atoms with Gasteiger partial charge in [-0.15, -0.1) is 0 Å². The summed E-state index contributed by atoms with van der Waals surface area (Å²) in [6.45, 7) is 5.24. The first kappa shape index (κ1) is 17.0. The molecule has 0 radical (unpaired) electrons. The summed E-state index contributed by atoms with van der Waals surface area (Å²) in [5.41, 5.74) is -0.363. The highest BCUT2D eigenvalue weighted by Gasteiger charge is 2.28. The van der Waals surface area contributed by atoms with Crippen LogP contribution in [0.15, 0.2) is 0 Å². The normalized spacial score (nSPS) is 11.0. The molecule has 1 amide bonds. The molecule has 0 fully saturated rings. The van der Waals surface area contributed by atoms with Crippen molar-refractivity contribution in [2.24, 2.45) is 7.05 Å². The van der Waals surface area contributed by atoms with E-state index >= 15 is 0 Å². The lowest BCUT2D eigenvalue weighted by Gasteiger charge is -2.24. The molecule has 0 saturated heterocycles. The highest BCUT2D eigenvalue weighted by Crippen LogP contribution is 2.11. The maximum Gasteiger partial charge on any atom is 0.493 e. The standard InChI is InChI=1S/C12H19BN4O4/c1-12(2,3)21-11(18)16(4)7-8-10(13(19)20)9(6-14)17(5)15-8/h19-20H,7H2,1-5H3. The topological polar surface area (TPSA) is 112 Å². The summed E-state index contributed by atoms with van der Waals surface area (Å²) in [6, 6.07) is 1.85. The number of hydrogen-bond acceptors (Lipinski definition) is 6. The van der Waals surface area contributed by atoms with Gasteiger partial charge in [0.25, 0.3) is 0 Å². The van der Waals surface area contributed by atoms with E-state index < -0.39 is 18.8 Å². The molecule has 0 bridgehead atoms. The lowest BCUT2D eigenvalue weighted by atomic mass is 9.78. The van der Waals surface area contributed by atoms with E-state index in [1.807, 2.05) is 6.07 Å². The highest BCUT2D eigenvalue weighted by atomic mass is 16.6. The van der Waals surface area contributed by atoms with Crippen LogP contribution in [0.3, 0.4) is 0 Å². The van der Waals surface area contributed by atoms with E-state index in [4.69, 9.17) is 10.00 Å². The average Bonchev–Trinajstić information content (AvgIpc) is 2.62. The minimum Gasteiger partial charge on any atom is -0.444 e. The Hall–Kier alpha value is -2.05. The minimum absolute atomic E-state index is 0.00259. The summed E-state index contributed by atoms with van der Waals surface area (Å²) < 4.78 is 6.44. The lowest BCUT2D eigenvalue weighted by Crippen LogP contribution is -2.38. The molecule has 0 aromatic carbocycles. The molecule has 2 N–H and O–H groups in total. The summed E-state index contributed by atoms with van der Waals surface area (Å²) in [7, 11) is 1.18. The highest BCUT2D eigenvalue weighted by molar-refractivity contribution is 6.59. The van der Waals surface area contributed by atoms with Crippen molar-refractivity contribution in [1.29, 1.82) is 5.26 Å². The van der Waals surface area contributed by atoms with Crippen molar-refractivity contribution < 1.29 is 19.6 Å². The zero-order chi connectivity index (χ0) is 16.4. The summed E-state index contributed by atoms with van der Waals surface area (Å²) >= 11 is 0. The van der Waals surface area contributed by atoms with Crippen LogP contribution in [0, 0.1) is 11.3 Å². The van der Waals surface area contributed by atoms with Crippen LogP contribution in [0.4, 0.5) is 4.79 Å². The third-order valence-corrected chi connectivity index (χ3v) is 2.62. The van der Waals surface area contributed by atoms with Gasteiger partial charge in [0.05, 0.1) is 12.2 Å². The zero-order valence-electron chi connectivity index (χ0n) is 12.8. The molecule has 0 aliphatic heterocycles. The van der Waals surface area contributed by atoms with Crippen LogP contribution >= 0.6 is 0 Å². The van der Waals surface area contributed by atoms with Crippen molar-refractivity contribution in [3.8, 4) is 6.07 Å². The third kappa shape index (κ3) is 4.21. The van der Waals surface area contributed by atoms with E-state index in [0.717, 1.165) is 0 Å². The number of amides is 1. The van der Waals surface area contributed by atoms with Gasteiger partial charge in [0.15, 0.2) is 0 Å². The molecule has 0 unspecified atom stereocenters. The summed E-state index contributed by atoms with van der Waals surface area (Å²) in [5, 5.41) is 31.8. The van der Waals surface area contributed by atoms with Crippen LogP contribution in [-0.2, 0) is 18.3 Å². The first-order valence-electron chi connectivity index (χ1n) is 6.33. The van der Waals surface area contributed by atoms with Gasteiger partial charge in [0.2, 0.25) is 0 Å². The average molecular weight is 294 g/mol. The number of nitrogens with zero attached hydrogens (tertiary/aromatic N) is 4. The predicted octanol–water partition coefficient (Wildman–Crippen LogP) is -0.662. The Morgan fingerprint density at radius 2 is 2.10 bits per heavy atom. The van der Waals surface area contributed by atoms with Crippen molar-refractivity contribution in [2.45, 2.75) is 32.9 Å². The monoisotopic (exact) mass is 294 g/mol. The van der Waals surface area contributed by atoms with Crippen LogP contribution in [0.25, 0.3) is 0 Å². The number of carbonyl (C=O) groups excluding carboxylic acids is 1. The van der Waals surface area contributed by atoms with Crippen LogP contribution < -0.4 is 5.46 Å². The fourth-order valence-electron chi connectivity index (χ4n) is 1.75. The second-order valence-electron chi connectivity index (χ2n) is 5.65. The van der Waals surface area contributed by atoms with Gasteiger partial charge >= 0.3 is 13.2 Å². The Morgan fingerprint density at radius 1 is 1.52 bits per heavy atom. The molecule has 1 aromatic heterocycles. The Bertz CT molecular complexity index is 571. The second kappa shape index (κ2) is 6.16. The van der Waals surface area contributed by atoms with Gasteiger partial charge in [-0.2, -0.15) is 10.4 Å². The van der Waals surface area contributed by atoms with E-state index in [0.29, 0.717) is 0 Å². The molecule has 8 nitrogen and oxygen atoms in total. The number of rotatable bonds is 3. The van der Waals surface area contributed by atoms with Crippen molar-refractivity contribution in [2.75, 3.05) is 7.05 Å². The molecule has 0 aliphatic rings. The van der Waals surface area contributed by atoms with Gasteiger partial charge in [0, 0.05) is 19.6 Å². The Morgan fingerprint density at radius 3 is 2.52 bits per heavy atom.